The van der Waals surface area contributed by atoms with Crippen molar-refractivity contribution in [2.75, 3.05) is 18.0 Å². The van der Waals surface area contributed by atoms with Crippen LogP contribution in [-0.2, 0) is 10.0 Å². The minimum atomic E-state index is -3.30. The standard InChI is InChI=1S/C17H23N5O2S/c23-25(24,21-13-4-1-2-5-13)14-6-3-11-22(12-14)16-8-7-15-17(20-16)19-10-9-18-15/h7-10,13-14,21H,1-6,11-12H2/t14-/m0/s1. The highest BCUT2D eigenvalue weighted by molar-refractivity contribution is 7.90. The number of hydrogen-bond donors (Lipinski definition) is 1. The molecule has 1 saturated heterocycles. The quantitative estimate of drug-likeness (QED) is 0.894. The van der Waals surface area contributed by atoms with Crippen molar-refractivity contribution in [3.05, 3.63) is 24.5 Å². The number of rotatable bonds is 4. The molecule has 0 aromatic carbocycles. The number of aromatic nitrogens is 3. The Bertz CT molecular complexity index is 851. The highest BCUT2D eigenvalue weighted by atomic mass is 32.2. The van der Waals surface area contributed by atoms with E-state index in [1.807, 2.05) is 12.1 Å². The Morgan fingerprint density at radius 1 is 1.04 bits per heavy atom. The lowest BCUT2D eigenvalue weighted by Crippen LogP contribution is -2.48. The molecule has 0 amide bonds. The van der Waals surface area contributed by atoms with Crippen LogP contribution < -0.4 is 9.62 Å². The van der Waals surface area contributed by atoms with Crippen LogP contribution in [0.5, 0.6) is 0 Å². The van der Waals surface area contributed by atoms with Gasteiger partial charge in [0.05, 0.1) is 5.25 Å². The minimum absolute atomic E-state index is 0.120. The van der Waals surface area contributed by atoms with Crippen LogP contribution in [0.15, 0.2) is 24.5 Å². The number of anilines is 1. The fourth-order valence-corrected chi connectivity index (χ4v) is 5.54. The summed E-state index contributed by atoms with van der Waals surface area (Å²) in [5.41, 5.74) is 1.34. The summed E-state index contributed by atoms with van der Waals surface area (Å²) in [6, 6.07) is 3.91. The number of piperidine rings is 1. The van der Waals surface area contributed by atoms with E-state index in [9.17, 15) is 8.42 Å². The SMILES string of the molecule is O=S(=O)(NC1CCCC1)[C@H]1CCCN(c2ccc3nccnc3n2)C1. The fourth-order valence-electron chi connectivity index (χ4n) is 3.79. The summed E-state index contributed by atoms with van der Waals surface area (Å²) >= 11 is 0. The van der Waals surface area contributed by atoms with Gasteiger partial charge in [0.1, 0.15) is 11.3 Å². The highest BCUT2D eigenvalue weighted by Gasteiger charge is 2.33. The van der Waals surface area contributed by atoms with Crippen LogP contribution in [0.2, 0.25) is 0 Å². The molecular weight excluding hydrogens is 338 g/mol. The third-order valence-corrected chi connectivity index (χ3v) is 7.07. The van der Waals surface area contributed by atoms with Gasteiger partial charge in [0.15, 0.2) is 5.65 Å². The fraction of sp³-hybridized carbons (Fsp3) is 0.588. The molecule has 2 aliphatic rings. The monoisotopic (exact) mass is 361 g/mol. The van der Waals surface area contributed by atoms with Crippen LogP contribution in [0.4, 0.5) is 5.82 Å². The van der Waals surface area contributed by atoms with Crippen LogP contribution in [0.3, 0.4) is 0 Å². The second-order valence-electron chi connectivity index (χ2n) is 6.92. The van der Waals surface area contributed by atoms with Crippen molar-refractivity contribution < 1.29 is 8.42 Å². The molecule has 8 heteroatoms. The number of pyridine rings is 1. The van der Waals surface area contributed by atoms with E-state index in [2.05, 4.69) is 24.6 Å². The molecule has 25 heavy (non-hydrogen) atoms. The molecule has 1 atom stereocenters. The highest BCUT2D eigenvalue weighted by Crippen LogP contribution is 2.25. The maximum Gasteiger partial charge on any atom is 0.216 e. The van der Waals surface area contributed by atoms with Crippen molar-refractivity contribution in [1.82, 2.24) is 19.7 Å². The second kappa shape index (κ2) is 6.84. The predicted octanol–water partition coefficient (Wildman–Crippen LogP) is 1.86. The number of sulfonamides is 1. The summed E-state index contributed by atoms with van der Waals surface area (Å²) < 4.78 is 28.4. The van der Waals surface area contributed by atoms with Crippen molar-refractivity contribution >= 4 is 27.0 Å². The van der Waals surface area contributed by atoms with Crippen molar-refractivity contribution in [2.45, 2.75) is 49.8 Å². The van der Waals surface area contributed by atoms with E-state index in [0.717, 1.165) is 50.0 Å². The van der Waals surface area contributed by atoms with Gasteiger partial charge in [0.25, 0.3) is 0 Å². The van der Waals surface area contributed by atoms with E-state index in [1.165, 1.54) is 0 Å². The normalized spacial score (nSPS) is 22.6. The molecule has 2 fully saturated rings. The predicted molar refractivity (Wildman–Crippen MR) is 96.9 cm³/mol. The van der Waals surface area contributed by atoms with Gasteiger partial charge in [-0.2, -0.15) is 0 Å². The Morgan fingerprint density at radius 2 is 1.84 bits per heavy atom. The molecule has 134 valence electrons. The molecule has 2 aromatic rings. The van der Waals surface area contributed by atoms with E-state index in [4.69, 9.17) is 0 Å². The zero-order valence-electron chi connectivity index (χ0n) is 14.1. The number of fused-ring (bicyclic) bond motifs is 1. The van der Waals surface area contributed by atoms with E-state index in [1.54, 1.807) is 12.4 Å². The average molecular weight is 361 g/mol. The first-order chi connectivity index (χ1) is 12.1. The molecular formula is C17H23N5O2S. The Hall–Kier alpha value is -1.80. The molecule has 1 N–H and O–H groups in total. The van der Waals surface area contributed by atoms with Gasteiger partial charge in [-0.15, -0.1) is 0 Å². The Labute approximate surface area is 147 Å². The summed E-state index contributed by atoms with van der Waals surface area (Å²) in [7, 11) is -3.30. The maximum absolute atomic E-state index is 12.8. The molecule has 1 aliphatic heterocycles. The molecule has 0 bridgehead atoms. The van der Waals surface area contributed by atoms with Gasteiger partial charge < -0.3 is 4.90 Å². The lowest BCUT2D eigenvalue weighted by molar-refractivity contribution is 0.505. The molecule has 3 heterocycles. The van der Waals surface area contributed by atoms with Gasteiger partial charge in [0.2, 0.25) is 10.0 Å². The van der Waals surface area contributed by atoms with E-state index in [-0.39, 0.29) is 11.3 Å². The molecule has 0 spiro atoms. The third-order valence-electron chi connectivity index (χ3n) is 5.14. The average Bonchev–Trinajstić information content (AvgIpc) is 3.14. The van der Waals surface area contributed by atoms with Gasteiger partial charge in [-0.1, -0.05) is 12.8 Å². The lowest BCUT2D eigenvalue weighted by atomic mass is 10.1. The molecule has 4 rings (SSSR count). The summed E-state index contributed by atoms with van der Waals surface area (Å²) in [6.45, 7) is 1.29. The summed E-state index contributed by atoms with van der Waals surface area (Å²) in [5.74, 6) is 0.772. The second-order valence-corrected chi connectivity index (χ2v) is 8.92. The van der Waals surface area contributed by atoms with Gasteiger partial charge in [-0.05, 0) is 37.8 Å². The van der Waals surface area contributed by atoms with Crippen LogP contribution in [0.25, 0.3) is 11.2 Å². The number of hydrogen-bond acceptors (Lipinski definition) is 6. The lowest BCUT2D eigenvalue weighted by Gasteiger charge is -2.33. The Balaban J connectivity index is 1.51. The summed E-state index contributed by atoms with van der Waals surface area (Å²) in [5, 5.41) is -0.388. The molecule has 2 aromatic heterocycles. The van der Waals surface area contributed by atoms with Crippen molar-refractivity contribution in [1.29, 1.82) is 0 Å². The molecule has 1 saturated carbocycles. The minimum Gasteiger partial charge on any atom is -0.355 e. The molecule has 1 aliphatic carbocycles. The first kappa shape index (κ1) is 16.7. The molecule has 0 radical (unpaired) electrons. The van der Waals surface area contributed by atoms with Crippen molar-refractivity contribution in [3.63, 3.8) is 0 Å². The number of nitrogens with zero attached hydrogens (tertiary/aromatic N) is 4. The largest absolute Gasteiger partial charge is 0.355 e. The van der Waals surface area contributed by atoms with Crippen molar-refractivity contribution in [3.8, 4) is 0 Å². The van der Waals surface area contributed by atoms with Gasteiger partial charge in [-0.25, -0.2) is 23.1 Å². The van der Waals surface area contributed by atoms with E-state index < -0.39 is 10.0 Å². The van der Waals surface area contributed by atoms with Crippen molar-refractivity contribution in [2.24, 2.45) is 0 Å². The van der Waals surface area contributed by atoms with E-state index >= 15 is 0 Å². The zero-order chi connectivity index (χ0) is 17.3. The van der Waals surface area contributed by atoms with Gasteiger partial charge in [0, 0.05) is 31.5 Å². The smallest absolute Gasteiger partial charge is 0.216 e. The first-order valence-electron chi connectivity index (χ1n) is 8.96. The van der Waals surface area contributed by atoms with Crippen LogP contribution in [0, 0.1) is 0 Å². The van der Waals surface area contributed by atoms with Crippen LogP contribution in [-0.4, -0.2) is 47.8 Å². The zero-order valence-corrected chi connectivity index (χ0v) is 15.0. The van der Waals surface area contributed by atoms with Crippen LogP contribution >= 0.6 is 0 Å². The van der Waals surface area contributed by atoms with Gasteiger partial charge >= 0.3 is 0 Å². The maximum atomic E-state index is 12.8. The topological polar surface area (TPSA) is 88.1 Å². The van der Waals surface area contributed by atoms with Crippen LogP contribution in [0.1, 0.15) is 38.5 Å². The molecule has 7 nitrogen and oxygen atoms in total. The summed E-state index contributed by atoms with van der Waals surface area (Å²) in [6.07, 6.45) is 8.96. The van der Waals surface area contributed by atoms with Gasteiger partial charge in [-0.3, -0.25) is 4.98 Å². The number of nitrogens with one attached hydrogen (secondary N) is 1. The van der Waals surface area contributed by atoms with E-state index in [0.29, 0.717) is 18.6 Å². The Kier molecular flexibility index (Phi) is 4.56. The molecule has 0 unspecified atom stereocenters. The summed E-state index contributed by atoms with van der Waals surface area (Å²) in [4.78, 5) is 15.1. The first-order valence-corrected chi connectivity index (χ1v) is 10.5. The Morgan fingerprint density at radius 3 is 2.68 bits per heavy atom. The third kappa shape index (κ3) is 3.59.